The van der Waals surface area contributed by atoms with E-state index in [1.54, 1.807) is 25.3 Å². The normalized spacial score (nSPS) is 13.5. The molecule has 0 radical (unpaired) electrons. The lowest BCUT2D eigenvalue weighted by atomic mass is 9.97. The molecule has 0 bridgehead atoms. The molecule has 0 aliphatic heterocycles. The average molecular weight is 563 g/mol. The Kier molecular flexibility index (Phi) is 10.1. The van der Waals surface area contributed by atoms with Crippen LogP contribution in [0.4, 0.5) is 0 Å². The molecule has 6 nitrogen and oxygen atoms in total. The van der Waals surface area contributed by atoms with Crippen LogP contribution in [0.3, 0.4) is 0 Å². The third-order valence-corrected chi connectivity index (χ3v) is 7.73. The number of amides is 1. The summed E-state index contributed by atoms with van der Waals surface area (Å²) in [5, 5.41) is 6.92. The number of hydrogen-bond acceptors (Lipinski definition) is 5. The van der Waals surface area contributed by atoms with Crippen molar-refractivity contribution in [3.05, 3.63) is 67.6 Å². The first kappa shape index (κ1) is 27.7. The highest BCUT2D eigenvalue weighted by Gasteiger charge is 2.20. The molecule has 0 atom stereocenters. The minimum atomic E-state index is -0.0675. The fourth-order valence-corrected chi connectivity index (χ4v) is 5.73. The van der Waals surface area contributed by atoms with Gasteiger partial charge in [0.15, 0.2) is 0 Å². The van der Waals surface area contributed by atoms with Gasteiger partial charge >= 0.3 is 0 Å². The van der Waals surface area contributed by atoms with Gasteiger partial charge in [0, 0.05) is 47.9 Å². The number of methoxy groups -OCH3 is 1. The van der Waals surface area contributed by atoms with Crippen LogP contribution in [-0.2, 0) is 17.9 Å². The van der Waals surface area contributed by atoms with E-state index in [4.69, 9.17) is 37.7 Å². The van der Waals surface area contributed by atoms with Crippen LogP contribution in [0.5, 0.6) is 5.75 Å². The van der Waals surface area contributed by atoms with E-state index in [1.807, 2.05) is 18.4 Å². The smallest absolute Gasteiger partial charge is 0.253 e. The molecule has 0 saturated carbocycles. The monoisotopic (exact) mass is 561 g/mol. The van der Waals surface area contributed by atoms with Crippen molar-refractivity contribution in [1.29, 1.82) is 0 Å². The number of allylic oxidation sites excluding steroid dienone is 2. The molecule has 0 unspecified atom stereocenters. The topological polar surface area (TPSA) is 65.4 Å². The van der Waals surface area contributed by atoms with Gasteiger partial charge in [-0.1, -0.05) is 34.9 Å². The number of nitrogens with zero attached hydrogens (tertiary/aromatic N) is 2. The first-order chi connectivity index (χ1) is 17.9. The van der Waals surface area contributed by atoms with E-state index < -0.39 is 0 Å². The number of nitrogens with one attached hydrogen (secondary N) is 1. The highest BCUT2D eigenvalue weighted by Crippen LogP contribution is 2.30. The van der Waals surface area contributed by atoms with Gasteiger partial charge in [-0.2, -0.15) is 0 Å². The molecule has 37 heavy (non-hydrogen) atoms. The van der Waals surface area contributed by atoms with Crippen LogP contribution < -0.4 is 10.1 Å². The number of halogens is 2. The molecule has 2 aromatic heterocycles. The predicted octanol–water partition coefficient (Wildman–Crippen LogP) is 7.46. The van der Waals surface area contributed by atoms with E-state index in [-0.39, 0.29) is 5.91 Å². The van der Waals surface area contributed by atoms with Crippen LogP contribution in [0.15, 0.2) is 41.3 Å². The van der Waals surface area contributed by atoms with Crippen molar-refractivity contribution in [2.24, 2.45) is 0 Å². The molecule has 1 amide bonds. The summed E-state index contributed by atoms with van der Waals surface area (Å²) in [7, 11) is 1.66. The SMILES string of the molecule is COCCCNC(=O)c1cc(-c2csc(COc3cc(Cl)cc(Cl)c3)n2)n(CCC2=CCCCC2)c1C. The second-order valence-corrected chi connectivity index (χ2v) is 11.0. The lowest BCUT2D eigenvalue weighted by molar-refractivity contribution is 0.0948. The van der Waals surface area contributed by atoms with Crippen LogP contribution in [0.1, 0.15) is 59.6 Å². The zero-order chi connectivity index (χ0) is 26.2. The van der Waals surface area contributed by atoms with Crippen molar-refractivity contribution in [3.63, 3.8) is 0 Å². The van der Waals surface area contributed by atoms with Gasteiger partial charge < -0.3 is 19.4 Å². The Morgan fingerprint density at radius 3 is 2.73 bits per heavy atom. The van der Waals surface area contributed by atoms with Gasteiger partial charge in [-0.3, -0.25) is 4.79 Å². The summed E-state index contributed by atoms with van der Waals surface area (Å²) < 4.78 is 13.2. The third-order valence-electron chi connectivity index (χ3n) is 6.48. The second kappa shape index (κ2) is 13.5. The van der Waals surface area contributed by atoms with E-state index in [0.29, 0.717) is 41.1 Å². The van der Waals surface area contributed by atoms with E-state index in [2.05, 4.69) is 16.0 Å². The van der Waals surface area contributed by atoms with Crippen LogP contribution >= 0.6 is 34.5 Å². The first-order valence-corrected chi connectivity index (χ1v) is 14.3. The summed E-state index contributed by atoms with van der Waals surface area (Å²) in [5.41, 5.74) is 4.93. The highest BCUT2D eigenvalue weighted by atomic mass is 35.5. The second-order valence-electron chi connectivity index (χ2n) is 9.16. The molecule has 9 heteroatoms. The summed E-state index contributed by atoms with van der Waals surface area (Å²) in [6.07, 6.45) is 8.99. The zero-order valence-corrected chi connectivity index (χ0v) is 23.6. The van der Waals surface area contributed by atoms with Gasteiger partial charge in [-0.25, -0.2) is 4.98 Å². The van der Waals surface area contributed by atoms with Crippen LogP contribution in [-0.4, -0.2) is 35.7 Å². The number of benzene rings is 1. The number of rotatable bonds is 12. The van der Waals surface area contributed by atoms with Crippen molar-refractivity contribution >= 4 is 40.4 Å². The molecule has 0 spiro atoms. The number of hydrogen-bond donors (Lipinski definition) is 1. The predicted molar refractivity (Wildman–Crippen MR) is 151 cm³/mol. The molecular formula is C28H33Cl2N3O3S. The molecule has 4 rings (SSSR count). The zero-order valence-electron chi connectivity index (χ0n) is 21.3. The van der Waals surface area contributed by atoms with Gasteiger partial charge in [0.2, 0.25) is 0 Å². The Morgan fingerprint density at radius 1 is 1.19 bits per heavy atom. The molecule has 1 aromatic carbocycles. The molecule has 2 heterocycles. The average Bonchev–Trinajstić information content (AvgIpc) is 3.48. The molecule has 3 aromatic rings. The van der Waals surface area contributed by atoms with Crippen molar-refractivity contribution in [3.8, 4) is 17.1 Å². The Hall–Kier alpha value is -2.32. The van der Waals surface area contributed by atoms with Gasteiger partial charge in [0.25, 0.3) is 5.91 Å². The molecule has 198 valence electrons. The maximum Gasteiger partial charge on any atom is 0.253 e. The highest BCUT2D eigenvalue weighted by molar-refractivity contribution is 7.09. The van der Waals surface area contributed by atoms with Crippen molar-refractivity contribution in [2.45, 2.75) is 58.6 Å². The summed E-state index contributed by atoms with van der Waals surface area (Å²) >= 11 is 13.7. The van der Waals surface area contributed by atoms with Gasteiger partial charge in [-0.15, -0.1) is 11.3 Å². The number of carbonyl (C=O) groups excluding carboxylic acids is 1. The van der Waals surface area contributed by atoms with Crippen LogP contribution in [0.25, 0.3) is 11.4 Å². The fourth-order valence-electron chi connectivity index (χ4n) is 4.53. The van der Waals surface area contributed by atoms with E-state index in [0.717, 1.165) is 54.3 Å². The summed E-state index contributed by atoms with van der Waals surface area (Å²) in [4.78, 5) is 17.9. The number of aromatic nitrogens is 2. The largest absolute Gasteiger partial charge is 0.486 e. The summed E-state index contributed by atoms with van der Waals surface area (Å²) in [6.45, 7) is 4.33. The van der Waals surface area contributed by atoms with E-state index in [1.165, 1.54) is 29.8 Å². The Balaban J connectivity index is 1.53. The van der Waals surface area contributed by atoms with Gasteiger partial charge in [0.05, 0.1) is 17.0 Å². The summed E-state index contributed by atoms with van der Waals surface area (Å²) in [6, 6.07) is 7.09. The Morgan fingerprint density at radius 2 is 2.00 bits per heavy atom. The van der Waals surface area contributed by atoms with Crippen LogP contribution in [0, 0.1) is 6.92 Å². The van der Waals surface area contributed by atoms with Gasteiger partial charge in [-0.05, 0) is 69.7 Å². The quantitative estimate of drug-likeness (QED) is 0.184. The Labute approximate surface area is 232 Å². The lowest BCUT2D eigenvalue weighted by Crippen LogP contribution is -2.25. The number of thiazole rings is 1. The molecule has 1 N–H and O–H groups in total. The van der Waals surface area contributed by atoms with Crippen LogP contribution in [0.2, 0.25) is 10.0 Å². The standard InChI is InChI=1S/C28H33Cl2N3O3S/c1-19-24(28(34)31-10-6-12-35-2)16-26(33(19)11-9-20-7-4-3-5-8-20)25-18-37-27(32-25)17-36-23-14-21(29)13-22(30)15-23/h7,13-16,18H,3-6,8-12,17H2,1-2H3,(H,31,34). The minimum Gasteiger partial charge on any atom is -0.486 e. The van der Waals surface area contributed by atoms with Crippen molar-refractivity contribution in [1.82, 2.24) is 14.9 Å². The minimum absolute atomic E-state index is 0.0675. The van der Waals surface area contributed by atoms with E-state index in [9.17, 15) is 4.79 Å². The van der Waals surface area contributed by atoms with Gasteiger partial charge in [0.1, 0.15) is 17.4 Å². The molecule has 1 aliphatic rings. The maximum atomic E-state index is 13.0. The molecule has 1 aliphatic carbocycles. The van der Waals surface area contributed by atoms with Crippen molar-refractivity contribution in [2.75, 3.05) is 20.3 Å². The number of ether oxygens (including phenoxy) is 2. The molecular weight excluding hydrogens is 529 g/mol. The molecule has 0 saturated heterocycles. The third kappa shape index (κ3) is 7.60. The van der Waals surface area contributed by atoms with E-state index >= 15 is 0 Å². The lowest BCUT2D eigenvalue weighted by Gasteiger charge is -2.15. The Bertz CT molecular complexity index is 1230. The maximum absolute atomic E-state index is 13.0. The van der Waals surface area contributed by atoms with Crippen molar-refractivity contribution < 1.29 is 14.3 Å². The first-order valence-electron chi connectivity index (χ1n) is 12.6. The fraction of sp³-hybridized carbons (Fsp3) is 0.429. The number of carbonyl (C=O) groups is 1. The molecule has 0 fully saturated rings. The summed E-state index contributed by atoms with van der Waals surface area (Å²) in [5.74, 6) is 0.531.